The van der Waals surface area contributed by atoms with Gasteiger partial charge < -0.3 is 21.5 Å². The Balaban J connectivity index is 2.10. The molecule has 0 bridgehead atoms. The number of ether oxygens (including phenoxy) is 1. The van der Waals surface area contributed by atoms with Crippen molar-refractivity contribution in [2.45, 2.75) is 19.4 Å². The second-order valence-corrected chi connectivity index (χ2v) is 5.32. The number of carbonyl (C=O) groups excluding carboxylic acids is 3. The summed E-state index contributed by atoms with van der Waals surface area (Å²) in [6, 6.07) is 12.5. The molecule has 7 nitrogen and oxygen atoms in total. The molecule has 0 aromatic heterocycles. The van der Waals surface area contributed by atoms with Crippen LogP contribution in [0.5, 0.6) is 0 Å². The number of rotatable bonds is 6. The molecule has 0 saturated carbocycles. The van der Waals surface area contributed by atoms with Gasteiger partial charge in [-0.3, -0.25) is 9.59 Å². The van der Waals surface area contributed by atoms with Crippen LogP contribution in [0.3, 0.4) is 0 Å². The highest BCUT2D eigenvalue weighted by Crippen LogP contribution is 2.16. The van der Waals surface area contributed by atoms with Gasteiger partial charge in [0.15, 0.2) is 6.10 Å². The molecule has 0 aliphatic heterocycles. The van der Waals surface area contributed by atoms with Gasteiger partial charge in [0.25, 0.3) is 11.8 Å². The maximum atomic E-state index is 12.4. The molecule has 0 saturated heterocycles. The van der Waals surface area contributed by atoms with Crippen molar-refractivity contribution < 1.29 is 19.1 Å². The van der Waals surface area contributed by atoms with E-state index in [4.69, 9.17) is 16.2 Å². The van der Waals surface area contributed by atoms with E-state index in [9.17, 15) is 14.4 Å². The molecule has 2 rings (SSSR count). The van der Waals surface area contributed by atoms with E-state index in [1.54, 1.807) is 37.3 Å². The van der Waals surface area contributed by atoms with E-state index in [0.717, 1.165) is 0 Å². The fourth-order valence-electron chi connectivity index (χ4n) is 2.16. The van der Waals surface area contributed by atoms with Gasteiger partial charge in [-0.05, 0) is 42.8 Å². The summed E-state index contributed by atoms with van der Waals surface area (Å²) in [6.45, 7) is 1.71. The highest BCUT2D eigenvalue weighted by molar-refractivity contribution is 6.04. The van der Waals surface area contributed by atoms with Gasteiger partial charge in [-0.25, -0.2) is 4.79 Å². The molecule has 2 aromatic rings. The third kappa shape index (κ3) is 4.57. The quantitative estimate of drug-likeness (QED) is 0.547. The van der Waals surface area contributed by atoms with Crippen LogP contribution in [0.25, 0.3) is 0 Å². The van der Waals surface area contributed by atoms with Crippen molar-refractivity contribution in [1.29, 1.82) is 0 Å². The molecule has 1 unspecified atom stereocenters. The van der Waals surface area contributed by atoms with Crippen molar-refractivity contribution in [3.05, 3.63) is 59.7 Å². The summed E-state index contributed by atoms with van der Waals surface area (Å²) >= 11 is 0. The van der Waals surface area contributed by atoms with E-state index in [0.29, 0.717) is 5.69 Å². The largest absolute Gasteiger partial charge is 0.449 e. The van der Waals surface area contributed by atoms with Gasteiger partial charge in [0.2, 0.25) is 0 Å². The molecule has 7 heteroatoms. The highest BCUT2D eigenvalue weighted by atomic mass is 16.5. The number of benzene rings is 2. The SMILES string of the molecule is CCC(OC(=O)c1ccc(N)cc1)C(=O)Nc1ccccc1C(N)=O. The average Bonchev–Trinajstić information content (AvgIpc) is 2.60. The molecule has 0 fully saturated rings. The second kappa shape index (κ2) is 7.96. The Morgan fingerprint density at radius 2 is 1.72 bits per heavy atom. The Kier molecular flexibility index (Phi) is 5.73. The monoisotopic (exact) mass is 341 g/mol. The summed E-state index contributed by atoms with van der Waals surface area (Å²) in [5, 5.41) is 2.57. The molecule has 0 heterocycles. The zero-order valence-corrected chi connectivity index (χ0v) is 13.7. The van der Waals surface area contributed by atoms with Crippen molar-refractivity contribution >= 4 is 29.2 Å². The number of para-hydroxylation sites is 1. The van der Waals surface area contributed by atoms with Gasteiger partial charge in [0.05, 0.1) is 16.8 Å². The minimum atomic E-state index is -1.01. The number of anilines is 2. The minimum Gasteiger partial charge on any atom is -0.449 e. The Morgan fingerprint density at radius 1 is 1.08 bits per heavy atom. The summed E-state index contributed by atoms with van der Waals surface area (Å²) in [4.78, 5) is 35.9. The number of nitrogen functional groups attached to an aromatic ring is 1. The van der Waals surface area contributed by atoms with Crippen LogP contribution in [0, 0.1) is 0 Å². The number of amides is 2. The molecule has 5 N–H and O–H groups in total. The van der Waals surface area contributed by atoms with E-state index in [-0.39, 0.29) is 23.2 Å². The van der Waals surface area contributed by atoms with Gasteiger partial charge in [0.1, 0.15) is 0 Å². The maximum Gasteiger partial charge on any atom is 0.338 e. The van der Waals surface area contributed by atoms with Crippen molar-refractivity contribution in [3.8, 4) is 0 Å². The topological polar surface area (TPSA) is 125 Å². The van der Waals surface area contributed by atoms with Crippen molar-refractivity contribution in [1.82, 2.24) is 0 Å². The average molecular weight is 341 g/mol. The Labute approximate surface area is 145 Å². The van der Waals surface area contributed by atoms with Crippen LogP contribution in [-0.2, 0) is 9.53 Å². The van der Waals surface area contributed by atoms with E-state index in [1.807, 2.05) is 0 Å². The smallest absolute Gasteiger partial charge is 0.338 e. The number of hydrogen-bond acceptors (Lipinski definition) is 5. The number of hydrogen-bond donors (Lipinski definition) is 3. The van der Waals surface area contributed by atoms with E-state index < -0.39 is 23.9 Å². The van der Waals surface area contributed by atoms with Crippen LogP contribution in [-0.4, -0.2) is 23.9 Å². The van der Waals surface area contributed by atoms with Gasteiger partial charge in [-0.2, -0.15) is 0 Å². The summed E-state index contributed by atoms with van der Waals surface area (Å²) in [6.07, 6.45) is -0.739. The number of carbonyl (C=O) groups is 3. The number of nitrogens with two attached hydrogens (primary N) is 2. The maximum absolute atomic E-state index is 12.4. The Hall–Kier alpha value is -3.35. The van der Waals surface area contributed by atoms with Gasteiger partial charge in [-0.1, -0.05) is 19.1 Å². The summed E-state index contributed by atoms with van der Waals surface area (Å²) in [5.41, 5.74) is 12.1. The lowest BCUT2D eigenvalue weighted by atomic mass is 10.1. The predicted octanol–water partition coefficient (Wildman–Crippen LogP) is 1.94. The van der Waals surface area contributed by atoms with Crippen LogP contribution in [0.4, 0.5) is 11.4 Å². The summed E-state index contributed by atoms with van der Waals surface area (Å²) in [7, 11) is 0. The molecular weight excluding hydrogens is 322 g/mol. The molecule has 0 radical (unpaired) electrons. The zero-order valence-electron chi connectivity index (χ0n) is 13.7. The van der Waals surface area contributed by atoms with E-state index in [1.165, 1.54) is 18.2 Å². The number of primary amides is 1. The first kappa shape index (κ1) is 18.0. The molecule has 2 aromatic carbocycles. The summed E-state index contributed by atoms with van der Waals surface area (Å²) < 4.78 is 5.25. The standard InChI is InChI=1S/C18H19N3O4/c1-2-15(25-18(24)11-7-9-12(19)10-8-11)17(23)21-14-6-4-3-5-13(14)16(20)22/h3-10,15H,2,19H2,1H3,(H2,20,22)(H,21,23). The van der Waals surface area contributed by atoms with Crippen LogP contribution in [0.1, 0.15) is 34.1 Å². The first-order valence-electron chi connectivity index (χ1n) is 7.68. The third-order valence-electron chi connectivity index (χ3n) is 3.51. The molecule has 2 amide bonds. The lowest BCUT2D eigenvalue weighted by Crippen LogP contribution is -2.32. The first-order valence-corrected chi connectivity index (χ1v) is 7.68. The third-order valence-corrected chi connectivity index (χ3v) is 3.51. The molecular formula is C18H19N3O4. The van der Waals surface area contributed by atoms with Crippen LogP contribution in [0.2, 0.25) is 0 Å². The van der Waals surface area contributed by atoms with Crippen LogP contribution < -0.4 is 16.8 Å². The minimum absolute atomic E-state index is 0.176. The fraction of sp³-hybridized carbons (Fsp3) is 0.167. The van der Waals surface area contributed by atoms with Crippen molar-refractivity contribution in [3.63, 3.8) is 0 Å². The van der Waals surface area contributed by atoms with Crippen LogP contribution >= 0.6 is 0 Å². The summed E-state index contributed by atoms with van der Waals surface area (Å²) in [5.74, 6) is -1.84. The molecule has 1 atom stereocenters. The normalized spacial score (nSPS) is 11.4. The number of nitrogens with one attached hydrogen (secondary N) is 1. The van der Waals surface area contributed by atoms with E-state index in [2.05, 4.69) is 5.32 Å². The lowest BCUT2D eigenvalue weighted by molar-refractivity contribution is -0.124. The number of esters is 1. The highest BCUT2D eigenvalue weighted by Gasteiger charge is 2.23. The van der Waals surface area contributed by atoms with Crippen LogP contribution in [0.15, 0.2) is 48.5 Å². The van der Waals surface area contributed by atoms with E-state index >= 15 is 0 Å². The Morgan fingerprint density at radius 3 is 2.32 bits per heavy atom. The zero-order chi connectivity index (χ0) is 18.4. The molecule has 0 aliphatic rings. The molecule has 25 heavy (non-hydrogen) atoms. The fourth-order valence-corrected chi connectivity index (χ4v) is 2.16. The van der Waals surface area contributed by atoms with Gasteiger partial charge >= 0.3 is 5.97 Å². The van der Waals surface area contributed by atoms with Gasteiger partial charge in [0, 0.05) is 5.69 Å². The lowest BCUT2D eigenvalue weighted by Gasteiger charge is -2.17. The Bertz CT molecular complexity index is 787. The van der Waals surface area contributed by atoms with Crippen molar-refractivity contribution in [2.24, 2.45) is 5.73 Å². The molecule has 0 aliphatic carbocycles. The second-order valence-electron chi connectivity index (χ2n) is 5.32. The molecule has 130 valence electrons. The predicted molar refractivity (Wildman–Crippen MR) is 93.9 cm³/mol. The first-order chi connectivity index (χ1) is 11.9. The molecule has 0 spiro atoms. The van der Waals surface area contributed by atoms with Crippen molar-refractivity contribution in [2.75, 3.05) is 11.1 Å². The van der Waals surface area contributed by atoms with Gasteiger partial charge in [-0.15, -0.1) is 0 Å².